The quantitative estimate of drug-likeness (QED) is 0.127. The molecule has 0 radical (unpaired) electrons. The standard InChI is InChI=1S/C7H14N4O3/c1-11(14)7(9)10-4-2-3-5(8)6(12)13/h5H,1-4,8H2,(H2,9,10)(H,12,13)/t5-/m0/s1. The summed E-state index contributed by atoms with van der Waals surface area (Å²) in [4.78, 5) is 13.9. The molecule has 0 spiro atoms. The lowest BCUT2D eigenvalue weighted by Gasteiger charge is -2.04. The molecule has 0 amide bonds. The number of hydroxylamine groups is 1. The number of carboxylic acid groups (broad SMARTS) is 1. The molecule has 0 saturated heterocycles. The summed E-state index contributed by atoms with van der Waals surface area (Å²) in [6, 6.07) is -0.894. The van der Waals surface area contributed by atoms with Gasteiger partial charge in [0.1, 0.15) is 12.6 Å². The molecular formula is C7H14N4O3. The fourth-order valence-electron chi connectivity index (χ4n) is 0.707. The molecule has 0 aliphatic heterocycles. The van der Waals surface area contributed by atoms with Crippen LogP contribution in [0.25, 0.3) is 0 Å². The number of carbonyl (C=O) groups is 1. The summed E-state index contributed by atoms with van der Waals surface area (Å²) in [6.07, 6.45) is 0.754. The Morgan fingerprint density at radius 3 is 2.71 bits per heavy atom. The van der Waals surface area contributed by atoms with Gasteiger partial charge in [-0.1, -0.05) is 0 Å². The van der Waals surface area contributed by atoms with Crippen molar-refractivity contribution in [3.05, 3.63) is 5.21 Å². The Labute approximate surface area is 81.3 Å². The van der Waals surface area contributed by atoms with Gasteiger partial charge in [-0.25, -0.2) is 0 Å². The lowest BCUT2D eigenvalue weighted by atomic mass is 10.2. The summed E-state index contributed by atoms with van der Waals surface area (Å²) in [5, 5.41) is 18.8. The van der Waals surface area contributed by atoms with E-state index < -0.39 is 12.0 Å². The Balaban J connectivity index is 3.71. The average Bonchev–Trinajstić information content (AvgIpc) is 2.11. The molecule has 0 heterocycles. The number of hydrogen-bond donors (Lipinski definition) is 3. The minimum absolute atomic E-state index is 0.192. The van der Waals surface area contributed by atoms with Gasteiger partial charge in [-0.2, -0.15) is 0 Å². The van der Waals surface area contributed by atoms with E-state index in [1.165, 1.54) is 0 Å². The van der Waals surface area contributed by atoms with Crippen LogP contribution in [0.1, 0.15) is 12.8 Å². The molecule has 0 aromatic heterocycles. The van der Waals surface area contributed by atoms with Crippen LogP contribution in [0.3, 0.4) is 0 Å². The van der Waals surface area contributed by atoms with E-state index in [0.29, 0.717) is 12.8 Å². The maximum atomic E-state index is 10.4. The maximum Gasteiger partial charge on any atom is 0.383 e. The summed E-state index contributed by atoms with van der Waals surface area (Å²) in [5.74, 6) is -1.28. The third-order valence-electron chi connectivity index (χ3n) is 1.52. The number of carboxylic acids is 1. The highest BCUT2D eigenvalue weighted by Crippen LogP contribution is 1.94. The van der Waals surface area contributed by atoms with Crippen molar-refractivity contribution < 1.29 is 14.6 Å². The first-order chi connectivity index (χ1) is 6.45. The van der Waals surface area contributed by atoms with Crippen molar-refractivity contribution in [2.24, 2.45) is 16.5 Å². The van der Waals surface area contributed by atoms with Crippen LogP contribution in [0, 0.1) is 5.21 Å². The summed E-state index contributed by atoms with van der Waals surface area (Å²) < 4.78 is 0.192. The van der Waals surface area contributed by atoms with E-state index >= 15 is 0 Å². The van der Waals surface area contributed by atoms with Crippen LogP contribution in [0.2, 0.25) is 0 Å². The molecule has 0 fully saturated rings. The van der Waals surface area contributed by atoms with Crippen molar-refractivity contribution in [3.8, 4) is 0 Å². The van der Waals surface area contributed by atoms with Gasteiger partial charge in [0.05, 0.1) is 0 Å². The fourth-order valence-corrected chi connectivity index (χ4v) is 0.707. The van der Waals surface area contributed by atoms with E-state index in [2.05, 4.69) is 11.7 Å². The van der Waals surface area contributed by atoms with Crippen molar-refractivity contribution in [2.75, 3.05) is 6.54 Å². The van der Waals surface area contributed by atoms with Gasteiger partial charge in [0.2, 0.25) is 0 Å². The smallest absolute Gasteiger partial charge is 0.383 e. The number of hydrogen-bond acceptors (Lipinski definition) is 4. The molecule has 0 aromatic rings. The molecule has 7 heteroatoms. The first-order valence-electron chi connectivity index (χ1n) is 4.01. The zero-order chi connectivity index (χ0) is 11.1. The highest BCUT2D eigenvalue weighted by Gasteiger charge is 2.10. The monoisotopic (exact) mass is 202 g/mol. The fraction of sp³-hybridized carbons (Fsp3) is 0.571. The molecule has 80 valence electrons. The zero-order valence-corrected chi connectivity index (χ0v) is 7.72. The number of rotatable bonds is 5. The van der Waals surface area contributed by atoms with E-state index in [0.717, 1.165) is 0 Å². The van der Waals surface area contributed by atoms with Crippen LogP contribution in [-0.2, 0) is 4.79 Å². The Morgan fingerprint density at radius 1 is 1.71 bits per heavy atom. The molecule has 0 aliphatic carbocycles. The number of nitrogens with zero attached hydrogens (tertiary/aromatic N) is 2. The summed E-state index contributed by atoms with van der Waals surface area (Å²) in [6.45, 7) is 3.25. The van der Waals surface area contributed by atoms with E-state index in [9.17, 15) is 10.0 Å². The molecule has 0 bridgehead atoms. The van der Waals surface area contributed by atoms with Gasteiger partial charge in [0.15, 0.2) is 0 Å². The second-order valence-corrected chi connectivity index (χ2v) is 2.71. The normalized spacial score (nSPS) is 13.6. The van der Waals surface area contributed by atoms with Crippen LogP contribution in [0.5, 0.6) is 0 Å². The van der Waals surface area contributed by atoms with Crippen molar-refractivity contribution in [1.82, 2.24) is 0 Å². The van der Waals surface area contributed by atoms with E-state index in [4.69, 9.17) is 16.6 Å². The van der Waals surface area contributed by atoms with Gasteiger partial charge in [-0.15, -0.1) is 4.99 Å². The molecule has 14 heavy (non-hydrogen) atoms. The van der Waals surface area contributed by atoms with Gasteiger partial charge >= 0.3 is 11.9 Å². The second-order valence-electron chi connectivity index (χ2n) is 2.71. The predicted molar refractivity (Wildman–Crippen MR) is 52.1 cm³/mol. The average molecular weight is 202 g/mol. The van der Waals surface area contributed by atoms with Gasteiger partial charge in [-0.05, 0) is 12.8 Å². The number of nitrogens with two attached hydrogens (primary N) is 2. The van der Waals surface area contributed by atoms with Crippen molar-refractivity contribution in [1.29, 1.82) is 0 Å². The van der Waals surface area contributed by atoms with Crippen LogP contribution in [0.15, 0.2) is 4.99 Å². The highest BCUT2D eigenvalue weighted by atomic mass is 16.5. The van der Waals surface area contributed by atoms with Crippen molar-refractivity contribution in [3.63, 3.8) is 0 Å². The number of guanidine groups is 1. The SMILES string of the molecule is C=[N+]([O-])C(N)=NCCC[C@H](N)C(=O)O. The molecular weight excluding hydrogens is 188 g/mol. The minimum Gasteiger partial charge on any atom is -0.741 e. The largest absolute Gasteiger partial charge is 0.741 e. The molecule has 0 aromatic carbocycles. The third-order valence-corrected chi connectivity index (χ3v) is 1.52. The van der Waals surface area contributed by atoms with Crippen LogP contribution >= 0.6 is 0 Å². The molecule has 0 saturated carbocycles. The predicted octanol–water partition coefficient (Wildman–Crippen LogP) is -1.30. The van der Waals surface area contributed by atoms with E-state index in [1.807, 2.05) is 0 Å². The minimum atomic E-state index is -1.05. The Morgan fingerprint density at radius 2 is 2.29 bits per heavy atom. The zero-order valence-electron chi connectivity index (χ0n) is 7.72. The molecule has 7 nitrogen and oxygen atoms in total. The summed E-state index contributed by atoms with van der Waals surface area (Å²) >= 11 is 0. The van der Waals surface area contributed by atoms with Gasteiger partial charge < -0.3 is 16.0 Å². The first kappa shape index (κ1) is 12.4. The lowest BCUT2D eigenvalue weighted by Crippen LogP contribution is -2.30. The van der Waals surface area contributed by atoms with Crippen LogP contribution in [-0.4, -0.2) is 41.1 Å². The first-order valence-corrected chi connectivity index (χ1v) is 4.01. The lowest BCUT2D eigenvalue weighted by molar-refractivity contribution is -0.316. The van der Waals surface area contributed by atoms with Crippen molar-refractivity contribution >= 4 is 18.6 Å². The Bertz CT molecular complexity index is 251. The summed E-state index contributed by atoms with van der Waals surface area (Å²) in [7, 11) is 0. The Kier molecular flexibility index (Phi) is 5.23. The van der Waals surface area contributed by atoms with Gasteiger partial charge in [0, 0.05) is 6.72 Å². The van der Waals surface area contributed by atoms with E-state index in [1.54, 1.807) is 0 Å². The maximum absolute atomic E-state index is 10.4. The molecule has 0 unspecified atom stereocenters. The molecule has 5 N–H and O–H groups in total. The Hall–Kier alpha value is -1.63. The third kappa shape index (κ3) is 5.09. The molecule has 1 atom stereocenters. The second kappa shape index (κ2) is 5.92. The highest BCUT2D eigenvalue weighted by molar-refractivity contribution is 5.73. The van der Waals surface area contributed by atoms with Crippen LogP contribution < -0.4 is 11.5 Å². The van der Waals surface area contributed by atoms with E-state index in [-0.39, 0.29) is 17.2 Å². The molecule has 0 rings (SSSR count). The number of aliphatic imine (C=N–C) groups is 1. The topological polar surface area (TPSA) is 128 Å². The van der Waals surface area contributed by atoms with Gasteiger partial charge in [-0.3, -0.25) is 15.3 Å². The van der Waals surface area contributed by atoms with Gasteiger partial charge in [0.25, 0.3) is 0 Å². The number of aliphatic carboxylic acids is 1. The van der Waals surface area contributed by atoms with Crippen LogP contribution in [0.4, 0.5) is 0 Å². The van der Waals surface area contributed by atoms with Crippen molar-refractivity contribution in [2.45, 2.75) is 18.9 Å². The molecule has 0 aliphatic rings. The summed E-state index contributed by atoms with van der Waals surface area (Å²) in [5.41, 5.74) is 10.4.